The Morgan fingerprint density at radius 3 is 3.30 bits per heavy atom. The molecule has 4 N–H and O–H groups in total. The molecule has 1 aromatic heterocycles. The summed E-state index contributed by atoms with van der Waals surface area (Å²) >= 11 is 0. The lowest BCUT2D eigenvalue weighted by atomic mass is 10.2. The third kappa shape index (κ3) is 4.16. The molecule has 1 fully saturated rings. The Morgan fingerprint density at radius 1 is 1.70 bits per heavy atom. The summed E-state index contributed by atoms with van der Waals surface area (Å²) in [6, 6.07) is 3.70. The molecular weight excluding hydrogens is 258 g/mol. The molecule has 110 valence electrons. The fourth-order valence-electron chi connectivity index (χ4n) is 2.14. The minimum atomic E-state index is 0.0177. The van der Waals surface area contributed by atoms with Crippen molar-refractivity contribution in [3.63, 3.8) is 0 Å². The van der Waals surface area contributed by atoms with Crippen LogP contribution in [-0.4, -0.2) is 60.3 Å². The van der Waals surface area contributed by atoms with E-state index in [9.17, 15) is 0 Å². The van der Waals surface area contributed by atoms with Crippen LogP contribution in [0.1, 0.15) is 11.3 Å². The summed E-state index contributed by atoms with van der Waals surface area (Å²) in [4.78, 5) is 6.31. The largest absolute Gasteiger partial charge is 0.409 e. The van der Waals surface area contributed by atoms with Crippen molar-refractivity contribution in [1.29, 1.82) is 0 Å². The molecule has 0 aromatic carbocycles. The average Bonchev–Trinajstić information content (AvgIpc) is 2.47. The van der Waals surface area contributed by atoms with Crippen molar-refractivity contribution < 1.29 is 9.94 Å². The highest BCUT2D eigenvalue weighted by Gasteiger charge is 2.16. The quantitative estimate of drug-likeness (QED) is 0.294. The van der Waals surface area contributed by atoms with Crippen LogP contribution in [0, 0.1) is 0 Å². The topological polar surface area (TPSA) is 96.0 Å². The van der Waals surface area contributed by atoms with Crippen LogP contribution in [0.4, 0.5) is 0 Å². The first kappa shape index (κ1) is 14.7. The first-order valence-electron chi connectivity index (χ1n) is 6.62. The third-order valence-electron chi connectivity index (χ3n) is 3.24. The summed E-state index contributed by atoms with van der Waals surface area (Å²) in [6.07, 6.45) is 1.87. The smallest absolute Gasteiger partial charge is 0.188 e. The van der Waals surface area contributed by atoms with Gasteiger partial charge in [-0.3, -0.25) is 4.98 Å². The number of aromatic nitrogens is 1. The Bertz CT molecular complexity index is 466. The molecule has 20 heavy (non-hydrogen) atoms. The lowest BCUT2D eigenvalue weighted by Gasteiger charge is -2.30. The maximum Gasteiger partial charge on any atom is 0.188 e. The van der Waals surface area contributed by atoms with Gasteiger partial charge in [0, 0.05) is 32.4 Å². The van der Waals surface area contributed by atoms with Gasteiger partial charge in [-0.2, -0.15) is 0 Å². The summed E-state index contributed by atoms with van der Waals surface area (Å²) in [5.41, 5.74) is 7.02. The molecule has 0 spiro atoms. The highest BCUT2D eigenvalue weighted by Crippen LogP contribution is 2.04. The van der Waals surface area contributed by atoms with Crippen LogP contribution < -0.4 is 11.1 Å². The molecule has 0 radical (unpaired) electrons. The van der Waals surface area contributed by atoms with Crippen LogP contribution in [0.2, 0.25) is 0 Å². The number of nitrogens with two attached hydrogens (primary N) is 1. The first-order chi connectivity index (χ1) is 9.69. The molecule has 0 aliphatic carbocycles. The van der Waals surface area contributed by atoms with Gasteiger partial charge in [-0.05, 0) is 24.7 Å². The lowest BCUT2D eigenvalue weighted by molar-refractivity contribution is -0.0182. The number of likely N-dealkylation sites (N-methyl/N-ethyl adjacent to an activating group) is 1. The highest BCUT2D eigenvalue weighted by molar-refractivity contribution is 5.95. The van der Waals surface area contributed by atoms with Crippen molar-refractivity contribution in [2.45, 2.75) is 12.6 Å². The van der Waals surface area contributed by atoms with Gasteiger partial charge in [0.1, 0.15) is 5.69 Å². The molecule has 0 saturated carbocycles. The predicted octanol–water partition coefficient (Wildman–Crippen LogP) is -0.404. The van der Waals surface area contributed by atoms with Crippen molar-refractivity contribution in [2.24, 2.45) is 10.9 Å². The molecular formula is C13H21N5O2. The second-order valence-electron chi connectivity index (χ2n) is 4.92. The van der Waals surface area contributed by atoms with Crippen LogP contribution in [0.3, 0.4) is 0 Å². The Morgan fingerprint density at radius 2 is 2.55 bits per heavy atom. The minimum absolute atomic E-state index is 0.0177. The molecule has 1 aromatic rings. The van der Waals surface area contributed by atoms with E-state index in [0.717, 1.165) is 31.8 Å². The van der Waals surface area contributed by atoms with E-state index >= 15 is 0 Å². The van der Waals surface area contributed by atoms with Gasteiger partial charge in [0.05, 0.1) is 12.7 Å². The molecule has 1 unspecified atom stereocenters. The second-order valence-corrected chi connectivity index (χ2v) is 4.92. The molecule has 2 heterocycles. The zero-order valence-corrected chi connectivity index (χ0v) is 11.6. The number of ether oxygens (including phenoxy) is 1. The van der Waals surface area contributed by atoms with Crippen LogP contribution >= 0.6 is 0 Å². The van der Waals surface area contributed by atoms with Gasteiger partial charge < -0.3 is 25.9 Å². The standard InChI is InChI=1S/C13H21N5O2/c1-18-4-5-20-11(9-18)8-15-7-10-2-3-16-12(6-10)13(14)17-19/h2-3,6,11,15,19H,4-5,7-9H2,1H3,(H2,14,17). The Kier molecular flexibility index (Phi) is 5.28. The van der Waals surface area contributed by atoms with Crippen LogP contribution in [0.5, 0.6) is 0 Å². The third-order valence-corrected chi connectivity index (χ3v) is 3.24. The molecule has 2 rings (SSSR count). The van der Waals surface area contributed by atoms with Crippen molar-refractivity contribution >= 4 is 5.84 Å². The van der Waals surface area contributed by atoms with E-state index in [4.69, 9.17) is 15.7 Å². The number of oxime groups is 1. The number of hydrogen-bond donors (Lipinski definition) is 3. The van der Waals surface area contributed by atoms with Crippen LogP contribution in [-0.2, 0) is 11.3 Å². The normalized spacial score (nSPS) is 21.1. The minimum Gasteiger partial charge on any atom is -0.409 e. The maximum absolute atomic E-state index is 8.64. The number of nitrogens with zero attached hydrogens (tertiary/aromatic N) is 3. The van der Waals surface area contributed by atoms with E-state index in [1.807, 2.05) is 6.07 Å². The first-order valence-corrected chi connectivity index (χ1v) is 6.62. The molecule has 0 bridgehead atoms. The number of rotatable bonds is 5. The van der Waals surface area contributed by atoms with E-state index in [1.54, 1.807) is 12.3 Å². The highest BCUT2D eigenvalue weighted by atomic mass is 16.5. The number of nitrogens with one attached hydrogen (secondary N) is 1. The molecule has 1 aliphatic heterocycles. The van der Waals surface area contributed by atoms with E-state index in [-0.39, 0.29) is 11.9 Å². The van der Waals surface area contributed by atoms with Crippen LogP contribution in [0.15, 0.2) is 23.5 Å². The number of amidine groups is 1. The van der Waals surface area contributed by atoms with Crippen LogP contribution in [0.25, 0.3) is 0 Å². The Balaban J connectivity index is 1.82. The number of morpholine rings is 1. The Labute approximate surface area is 118 Å². The fourth-order valence-corrected chi connectivity index (χ4v) is 2.14. The SMILES string of the molecule is CN1CCOC(CNCc2ccnc(C(N)=NO)c2)C1. The van der Waals surface area contributed by atoms with Gasteiger partial charge >= 0.3 is 0 Å². The van der Waals surface area contributed by atoms with Crippen molar-refractivity contribution in [1.82, 2.24) is 15.2 Å². The maximum atomic E-state index is 8.64. The fraction of sp³-hybridized carbons (Fsp3) is 0.538. The number of pyridine rings is 1. The van der Waals surface area contributed by atoms with Gasteiger partial charge in [0.25, 0.3) is 0 Å². The van der Waals surface area contributed by atoms with Crippen molar-refractivity contribution in [3.8, 4) is 0 Å². The van der Waals surface area contributed by atoms with Gasteiger partial charge in [-0.1, -0.05) is 5.16 Å². The zero-order chi connectivity index (χ0) is 14.4. The summed E-state index contributed by atoms with van der Waals surface area (Å²) in [5, 5.41) is 14.9. The van der Waals surface area contributed by atoms with Crippen molar-refractivity contribution in [3.05, 3.63) is 29.6 Å². The molecule has 7 heteroatoms. The molecule has 7 nitrogen and oxygen atoms in total. The average molecular weight is 279 g/mol. The van der Waals surface area contributed by atoms with E-state index in [1.165, 1.54) is 0 Å². The zero-order valence-electron chi connectivity index (χ0n) is 11.6. The summed E-state index contributed by atoms with van der Waals surface area (Å²) in [6.45, 7) is 4.21. The lowest BCUT2D eigenvalue weighted by Crippen LogP contribution is -2.44. The second kappa shape index (κ2) is 7.18. The summed E-state index contributed by atoms with van der Waals surface area (Å²) in [7, 11) is 2.10. The van der Waals surface area contributed by atoms with E-state index < -0.39 is 0 Å². The molecule has 1 aliphatic rings. The van der Waals surface area contributed by atoms with Gasteiger partial charge in [0.15, 0.2) is 5.84 Å². The number of hydrogen-bond acceptors (Lipinski definition) is 6. The van der Waals surface area contributed by atoms with Gasteiger partial charge in [-0.15, -0.1) is 0 Å². The molecule has 1 saturated heterocycles. The Hall–Kier alpha value is -1.70. The predicted molar refractivity (Wildman–Crippen MR) is 75.7 cm³/mol. The van der Waals surface area contributed by atoms with E-state index in [0.29, 0.717) is 12.2 Å². The summed E-state index contributed by atoms with van der Waals surface area (Å²) < 4.78 is 5.68. The monoisotopic (exact) mass is 279 g/mol. The van der Waals surface area contributed by atoms with E-state index in [2.05, 4.69) is 27.4 Å². The summed E-state index contributed by atoms with van der Waals surface area (Å²) in [5.74, 6) is 0.0177. The van der Waals surface area contributed by atoms with Gasteiger partial charge in [-0.25, -0.2) is 0 Å². The van der Waals surface area contributed by atoms with Gasteiger partial charge in [0.2, 0.25) is 0 Å². The molecule has 0 amide bonds. The van der Waals surface area contributed by atoms with Crippen molar-refractivity contribution in [2.75, 3.05) is 33.3 Å². The molecule has 1 atom stereocenters.